The van der Waals surface area contributed by atoms with Gasteiger partial charge in [-0.25, -0.2) is 0 Å². The summed E-state index contributed by atoms with van der Waals surface area (Å²) in [4.78, 5) is 0. The predicted octanol–water partition coefficient (Wildman–Crippen LogP) is 3.72. The third kappa shape index (κ3) is 4.91. The van der Waals surface area contributed by atoms with Crippen LogP contribution < -0.4 is 0 Å². The van der Waals surface area contributed by atoms with Crippen molar-refractivity contribution in [2.45, 2.75) is 32.6 Å². The molecule has 0 heterocycles. The fourth-order valence-corrected chi connectivity index (χ4v) is 1.38. The summed E-state index contributed by atoms with van der Waals surface area (Å²) in [7, 11) is 0. The van der Waals surface area contributed by atoms with Gasteiger partial charge in [-0.2, -0.15) is 0 Å². The van der Waals surface area contributed by atoms with Crippen LogP contribution in [0, 0.1) is 0 Å². The Morgan fingerprint density at radius 1 is 1.23 bits per heavy atom. The van der Waals surface area contributed by atoms with Crippen molar-refractivity contribution in [1.29, 1.82) is 0 Å². The number of benzene rings is 1. The highest BCUT2D eigenvalue weighted by atomic mass is 35.5. The SMILES string of the molecule is CCCC(C)c1ccccc1.OCl. The van der Waals surface area contributed by atoms with Gasteiger partial charge in [-0.1, -0.05) is 50.6 Å². The second kappa shape index (κ2) is 8.09. The Hall–Kier alpha value is -0.530. The van der Waals surface area contributed by atoms with E-state index in [4.69, 9.17) is 4.66 Å². The van der Waals surface area contributed by atoms with Gasteiger partial charge >= 0.3 is 0 Å². The van der Waals surface area contributed by atoms with E-state index in [0.717, 1.165) is 5.92 Å². The van der Waals surface area contributed by atoms with E-state index in [1.165, 1.54) is 18.4 Å². The molecular formula is C11H17ClO. The quantitative estimate of drug-likeness (QED) is 0.789. The molecule has 0 aliphatic heterocycles. The minimum absolute atomic E-state index is 0.723. The van der Waals surface area contributed by atoms with Crippen LogP contribution in [0.2, 0.25) is 0 Å². The molecule has 0 spiro atoms. The molecule has 74 valence electrons. The minimum atomic E-state index is 0.723. The zero-order valence-corrected chi connectivity index (χ0v) is 8.96. The lowest BCUT2D eigenvalue weighted by Gasteiger charge is -2.08. The van der Waals surface area contributed by atoms with Crippen molar-refractivity contribution in [2.24, 2.45) is 0 Å². The monoisotopic (exact) mass is 200 g/mol. The normalized spacial score (nSPS) is 11.4. The maximum Gasteiger partial charge on any atom is 0.0579 e. The maximum absolute atomic E-state index is 6.47. The first-order valence-corrected chi connectivity index (χ1v) is 4.90. The van der Waals surface area contributed by atoms with Crippen LogP contribution in [-0.2, 0) is 0 Å². The van der Waals surface area contributed by atoms with Gasteiger partial charge in [-0.05, 0) is 17.9 Å². The van der Waals surface area contributed by atoms with Gasteiger partial charge in [0.25, 0.3) is 0 Å². The van der Waals surface area contributed by atoms with Gasteiger partial charge in [0.2, 0.25) is 0 Å². The first-order chi connectivity index (χ1) is 6.34. The molecule has 0 fully saturated rings. The van der Waals surface area contributed by atoms with E-state index < -0.39 is 0 Å². The molecule has 1 nitrogen and oxygen atoms in total. The molecule has 1 rings (SSSR count). The molecule has 0 bridgehead atoms. The zero-order chi connectivity index (χ0) is 10.1. The summed E-state index contributed by atoms with van der Waals surface area (Å²) >= 11 is 3.64. The molecule has 2 heteroatoms. The molecule has 1 N–H and O–H groups in total. The van der Waals surface area contributed by atoms with Crippen molar-refractivity contribution in [3.63, 3.8) is 0 Å². The van der Waals surface area contributed by atoms with Crippen LogP contribution in [0.1, 0.15) is 38.2 Å². The lowest BCUT2D eigenvalue weighted by atomic mass is 9.97. The van der Waals surface area contributed by atoms with Crippen LogP contribution in [0.3, 0.4) is 0 Å². The van der Waals surface area contributed by atoms with Crippen LogP contribution in [0.25, 0.3) is 0 Å². The van der Waals surface area contributed by atoms with Gasteiger partial charge in [0.15, 0.2) is 0 Å². The molecular weight excluding hydrogens is 184 g/mol. The van der Waals surface area contributed by atoms with E-state index in [-0.39, 0.29) is 0 Å². The molecule has 0 saturated carbocycles. The number of rotatable bonds is 3. The highest BCUT2D eigenvalue weighted by Gasteiger charge is 2.01. The largest absolute Gasteiger partial charge is 0.295 e. The predicted molar refractivity (Wildman–Crippen MR) is 57.8 cm³/mol. The van der Waals surface area contributed by atoms with Crippen LogP contribution in [0.15, 0.2) is 30.3 Å². The highest BCUT2D eigenvalue weighted by molar-refractivity contribution is 6.04. The Kier molecular flexibility index (Phi) is 7.76. The molecule has 0 aliphatic carbocycles. The molecule has 0 aromatic heterocycles. The summed E-state index contributed by atoms with van der Waals surface area (Å²) in [5, 5.41) is 0. The number of hydrogen-bond acceptors (Lipinski definition) is 1. The van der Waals surface area contributed by atoms with E-state index in [2.05, 4.69) is 56.0 Å². The van der Waals surface area contributed by atoms with E-state index >= 15 is 0 Å². The van der Waals surface area contributed by atoms with Crippen molar-refractivity contribution in [2.75, 3.05) is 0 Å². The molecule has 0 amide bonds. The van der Waals surface area contributed by atoms with Crippen LogP contribution in [0.4, 0.5) is 0 Å². The van der Waals surface area contributed by atoms with Crippen LogP contribution in [0.5, 0.6) is 0 Å². The van der Waals surface area contributed by atoms with Gasteiger partial charge < -0.3 is 0 Å². The van der Waals surface area contributed by atoms with Gasteiger partial charge in [-0.3, -0.25) is 4.66 Å². The Labute approximate surface area is 85.5 Å². The minimum Gasteiger partial charge on any atom is -0.295 e. The second-order valence-electron chi connectivity index (χ2n) is 3.10. The van der Waals surface area contributed by atoms with E-state index in [1.54, 1.807) is 0 Å². The molecule has 1 aromatic carbocycles. The Balaban J connectivity index is 0.000000671. The summed E-state index contributed by atoms with van der Waals surface area (Å²) in [5.41, 5.74) is 1.47. The van der Waals surface area contributed by atoms with Gasteiger partial charge in [0, 0.05) is 0 Å². The average Bonchev–Trinajstić information content (AvgIpc) is 2.23. The smallest absolute Gasteiger partial charge is 0.0579 e. The van der Waals surface area contributed by atoms with Gasteiger partial charge in [0.05, 0.1) is 11.9 Å². The van der Waals surface area contributed by atoms with E-state index in [9.17, 15) is 0 Å². The lowest BCUT2D eigenvalue weighted by Crippen LogP contribution is -1.91. The van der Waals surface area contributed by atoms with Gasteiger partial charge in [-0.15, -0.1) is 0 Å². The number of halogens is 1. The van der Waals surface area contributed by atoms with Crippen LogP contribution >= 0.6 is 11.9 Å². The first-order valence-electron chi connectivity index (χ1n) is 4.56. The summed E-state index contributed by atoms with van der Waals surface area (Å²) in [6.45, 7) is 4.53. The first kappa shape index (κ1) is 12.5. The molecule has 1 atom stereocenters. The summed E-state index contributed by atoms with van der Waals surface area (Å²) in [5.74, 6) is 0.723. The molecule has 1 unspecified atom stereocenters. The molecule has 1 aromatic rings. The molecule has 0 radical (unpaired) electrons. The summed E-state index contributed by atoms with van der Waals surface area (Å²) in [6.07, 6.45) is 2.57. The lowest BCUT2D eigenvalue weighted by molar-refractivity contribution is 0.632. The summed E-state index contributed by atoms with van der Waals surface area (Å²) in [6, 6.07) is 10.7. The highest BCUT2D eigenvalue weighted by Crippen LogP contribution is 2.19. The molecule has 0 saturated heterocycles. The third-order valence-corrected chi connectivity index (χ3v) is 2.09. The molecule has 0 aliphatic rings. The Bertz CT molecular complexity index is 199. The fourth-order valence-electron chi connectivity index (χ4n) is 1.38. The Morgan fingerprint density at radius 3 is 2.23 bits per heavy atom. The van der Waals surface area contributed by atoms with Crippen molar-refractivity contribution in [3.05, 3.63) is 35.9 Å². The summed E-state index contributed by atoms with van der Waals surface area (Å²) < 4.78 is 6.47. The standard InChI is InChI=1S/C11H16.ClHO/c1-3-7-10(2)11-8-5-4-6-9-11;1-2/h4-6,8-10H,3,7H2,1-2H3;2H. The topological polar surface area (TPSA) is 20.2 Å². The third-order valence-electron chi connectivity index (χ3n) is 2.09. The van der Waals surface area contributed by atoms with E-state index in [0.29, 0.717) is 0 Å². The van der Waals surface area contributed by atoms with Crippen molar-refractivity contribution < 1.29 is 4.66 Å². The fraction of sp³-hybridized carbons (Fsp3) is 0.455. The van der Waals surface area contributed by atoms with Crippen molar-refractivity contribution in [3.8, 4) is 0 Å². The molecule has 13 heavy (non-hydrogen) atoms. The van der Waals surface area contributed by atoms with Crippen LogP contribution in [-0.4, -0.2) is 4.66 Å². The number of hydrogen-bond donors (Lipinski definition) is 1. The maximum atomic E-state index is 6.47. The second-order valence-corrected chi connectivity index (χ2v) is 3.10. The van der Waals surface area contributed by atoms with E-state index in [1.807, 2.05) is 0 Å². The van der Waals surface area contributed by atoms with Crippen molar-refractivity contribution in [1.82, 2.24) is 0 Å². The Morgan fingerprint density at radius 2 is 1.77 bits per heavy atom. The zero-order valence-electron chi connectivity index (χ0n) is 8.20. The average molecular weight is 201 g/mol. The van der Waals surface area contributed by atoms with Crippen molar-refractivity contribution >= 4 is 11.9 Å². The van der Waals surface area contributed by atoms with Gasteiger partial charge in [0.1, 0.15) is 0 Å².